The maximum absolute atomic E-state index is 6.15. The molecule has 18 heavy (non-hydrogen) atoms. The highest BCUT2D eigenvalue weighted by Gasteiger charge is 2.30. The molecule has 3 rings (SSSR count). The minimum Gasteiger partial charge on any atom is -0.368 e. The molecule has 0 saturated heterocycles. The molecule has 0 bridgehead atoms. The molecule has 0 spiro atoms. The van der Waals surface area contributed by atoms with Crippen molar-refractivity contribution in [1.82, 2.24) is 21.5 Å². The quantitative estimate of drug-likeness (QED) is 0.631. The van der Waals surface area contributed by atoms with Gasteiger partial charge < -0.3 is 5.73 Å². The van der Waals surface area contributed by atoms with E-state index in [-0.39, 0.29) is 5.96 Å². The number of hydrazine groups is 3. The Labute approximate surface area is 117 Å². The van der Waals surface area contributed by atoms with Crippen LogP contribution in [0, 0.1) is 0 Å². The summed E-state index contributed by atoms with van der Waals surface area (Å²) in [5.41, 5.74) is 15.3. The van der Waals surface area contributed by atoms with Gasteiger partial charge >= 0.3 is 0 Å². The van der Waals surface area contributed by atoms with Crippen molar-refractivity contribution in [1.29, 1.82) is 0 Å². The smallest absolute Gasteiger partial charge is 0.216 e. The van der Waals surface area contributed by atoms with Gasteiger partial charge in [-0.2, -0.15) is 10.1 Å². The van der Waals surface area contributed by atoms with Crippen LogP contribution in [-0.4, -0.2) is 11.1 Å². The first kappa shape index (κ1) is 11.7. The lowest BCUT2D eigenvalue weighted by Gasteiger charge is -2.11. The summed E-state index contributed by atoms with van der Waals surface area (Å²) >= 11 is 18.2. The lowest BCUT2D eigenvalue weighted by molar-refractivity contribution is 0.226. The van der Waals surface area contributed by atoms with Gasteiger partial charge in [0.25, 0.3) is 0 Å². The van der Waals surface area contributed by atoms with Crippen LogP contribution in [0.1, 0.15) is 5.56 Å². The van der Waals surface area contributed by atoms with Crippen molar-refractivity contribution in [2.24, 2.45) is 10.7 Å². The molecular formula is C9H7Cl3N6. The minimum absolute atomic E-state index is 0.276. The standard InChI is InChI=1S/C9H7Cl3N6/c10-3-1-4(11)6(5(12)2-3)7-8-14-9(13)16-18(8)17-15-7/h1-2,15,17H,(H3,13,14,16). The van der Waals surface area contributed by atoms with Crippen LogP contribution in [0.25, 0.3) is 5.70 Å². The summed E-state index contributed by atoms with van der Waals surface area (Å²) in [6.07, 6.45) is 0. The first-order valence-corrected chi connectivity index (χ1v) is 6.01. The van der Waals surface area contributed by atoms with E-state index in [1.165, 1.54) is 5.12 Å². The number of hydrogen-bond donors (Lipinski definition) is 4. The van der Waals surface area contributed by atoms with Gasteiger partial charge in [-0.3, -0.25) is 5.43 Å². The largest absolute Gasteiger partial charge is 0.368 e. The number of fused-ring (bicyclic) bond motifs is 1. The predicted octanol–water partition coefficient (Wildman–Crippen LogP) is 1.43. The average Bonchev–Trinajstić information content (AvgIpc) is 2.77. The molecule has 9 heteroatoms. The third kappa shape index (κ3) is 1.74. The summed E-state index contributed by atoms with van der Waals surface area (Å²) < 4.78 is 0. The number of nitrogens with one attached hydrogen (secondary N) is 3. The average molecular weight is 306 g/mol. The van der Waals surface area contributed by atoms with E-state index in [1.54, 1.807) is 12.1 Å². The molecule has 0 aromatic heterocycles. The fourth-order valence-corrected chi connectivity index (χ4v) is 2.73. The second-order valence-electron chi connectivity index (χ2n) is 3.62. The summed E-state index contributed by atoms with van der Waals surface area (Å²) in [7, 11) is 0. The third-order valence-corrected chi connectivity index (χ3v) is 3.25. The second kappa shape index (κ2) is 4.10. The maximum Gasteiger partial charge on any atom is 0.216 e. The highest BCUT2D eigenvalue weighted by molar-refractivity contribution is 6.40. The number of nitrogens with zero attached hydrogens (tertiary/aromatic N) is 2. The molecular weight excluding hydrogens is 298 g/mol. The molecule has 0 unspecified atom stereocenters. The first-order valence-electron chi connectivity index (χ1n) is 4.88. The lowest BCUT2D eigenvalue weighted by atomic mass is 10.1. The van der Waals surface area contributed by atoms with Crippen LogP contribution < -0.4 is 22.1 Å². The Hall–Kier alpha value is -1.34. The number of guanidine groups is 1. The van der Waals surface area contributed by atoms with Crippen LogP contribution in [0.5, 0.6) is 0 Å². The Morgan fingerprint density at radius 2 is 1.83 bits per heavy atom. The molecule has 0 amide bonds. The zero-order chi connectivity index (χ0) is 12.9. The van der Waals surface area contributed by atoms with E-state index < -0.39 is 0 Å². The Kier molecular flexibility index (Phi) is 2.67. The van der Waals surface area contributed by atoms with Crippen molar-refractivity contribution in [3.05, 3.63) is 38.6 Å². The normalized spacial score (nSPS) is 17.5. The molecule has 0 atom stereocenters. The van der Waals surface area contributed by atoms with Crippen LogP contribution in [0.15, 0.2) is 22.9 Å². The van der Waals surface area contributed by atoms with E-state index in [0.29, 0.717) is 32.1 Å². The number of aliphatic imine (C=N–C) groups is 1. The van der Waals surface area contributed by atoms with Crippen molar-refractivity contribution in [2.45, 2.75) is 0 Å². The van der Waals surface area contributed by atoms with Crippen LogP contribution >= 0.6 is 34.8 Å². The fourth-order valence-electron chi connectivity index (χ4n) is 1.73. The third-order valence-electron chi connectivity index (χ3n) is 2.44. The van der Waals surface area contributed by atoms with Gasteiger partial charge in [-0.25, -0.2) is 5.43 Å². The van der Waals surface area contributed by atoms with Crippen LogP contribution in [0.4, 0.5) is 0 Å². The van der Waals surface area contributed by atoms with Gasteiger partial charge in [0.2, 0.25) is 5.96 Å². The van der Waals surface area contributed by atoms with Gasteiger partial charge in [0.1, 0.15) is 5.70 Å². The fraction of sp³-hybridized carbons (Fsp3) is 0. The van der Waals surface area contributed by atoms with Crippen molar-refractivity contribution in [3.63, 3.8) is 0 Å². The highest BCUT2D eigenvalue weighted by Crippen LogP contribution is 2.36. The number of rotatable bonds is 1. The molecule has 5 N–H and O–H groups in total. The van der Waals surface area contributed by atoms with Crippen molar-refractivity contribution in [2.75, 3.05) is 0 Å². The molecule has 0 fully saturated rings. The number of hydrogen-bond acceptors (Lipinski definition) is 6. The van der Waals surface area contributed by atoms with E-state index >= 15 is 0 Å². The van der Waals surface area contributed by atoms with E-state index in [9.17, 15) is 0 Å². The summed E-state index contributed by atoms with van der Waals surface area (Å²) in [6, 6.07) is 3.22. The topological polar surface area (TPSA) is 77.7 Å². The monoisotopic (exact) mass is 304 g/mol. The Morgan fingerprint density at radius 3 is 2.50 bits per heavy atom. The highest BCUT2D eigenvalue weighted by atomic mass is 35.5. The van der Waals surface area contributed by atoms with Gasteiger partial charge in [0.15, 0.2) is 5.82 Å². The molecule has 1 aromatic carbocycles. The summed E-state index contributed by atoms with van der Waals surface area (Å²) in [6.45, 7) is 0. The molecule has 0 aliphatic carbocycles. The van der Waals surface area contributed by atoms with Gasteiger partial charge in [-0.1, -0.05) is 34.8 Å². The maximum atomic E-state index is 6.15. The molecule has 0 radical (unpaired) electrons. The Morgan fingerprint density at radius 1 is 1.17 bits per heavy atom. The van der Waals surface area contributed by atoms with Crippen molar-refractivity contribution < 1.29 is 0 Å². The van der Waals surface area contributed by atoms with E-state index in [1.807, 2.05) is 0 Å². The molecule has 2 aliphatic heterocycles. The molecule has 0 saturated carbocycles. The number of benzene rings is 1. The van der Waals surface area contributed by atoms with Gasteiger partial charge in [-0.15, -0.1) is 5.53 Å². The van der Waals surface area contributed by atoms with Crippen molar-refractivity contribution >= 4 is 46.5 Å². The van der Waals surface area contributed by atoms with Gasteiger partial charge in [0.05, 0.1) is 10.0 Å². The Balaban J connectivity index is 2.17. The van der Waals surface area contributed by atoms with Gasteiger partial charge in [-0.05, 0) is 12.1 Å². The Bertz CT molecular complexity index is 573. The SMILES string of the molecule is NC1=NC2=C(c3c(Cl)cc(Cl)cc3Cl)NNN2N1. The summed E-state index contributed by atoms with van der Waals surface area (Å²) in [5, 5.41) is 2.83. The van der Waals surface area contributed by atoms with E-state index in [2.05, 4.69) is 21.4 Å². The van der Waals surface area contributed by atoms with E-state index in [0.717, 1.165) is 0 Å². The van der Waals surface area contributed by atoms with Gasteiger partial charge in [0, 0.05) is 10.6 Å². The minimum atomic E-state index is 0.276. The zero-order valence-electron chi connectivity index (χ0n) is 8.76. The summed E-state index contributed by atoms with van der Waals surface area (Å²) in [4.78, 5) is 4.13. The molecule has 2 heterocycles. The predicted molar refractivity (Wildman–Crippen MR) is 71.3 cm³/mol. The molecule has 6 nitrogen and oxygen atoms in total. The zero-order valence-corrected chi connectivity index (χ0v) is 11.0. The van der Waals surface area contributed by atoms with Crippen LogP contribution in [-0.2, 0) is 0 Å². The number of halogens is 3. The van der Waals surface area contributed by atoms with E-state index in [4.69, 9.17) is 40.5 Å². The first-order chi connectivity index (χ1) is 8.56. The summed E-state index contributed by atoms with van der Waals surface area (Å²) in [5.74, 6) is 0.830. The molecule has 94 valence electrons. The molecule has 2 aliphatic rings. The van der Waals surface area contributed by atoms with Crippen molar-refractivity contribution in [3.8, 4) is 0 Å². The number of nitrogens with two attached hydrogens (primary N) is 1. The van der Waals surface area contributed by atoms with Crippen LogP contribution in [0.2, 0.25) is 15.1 Å². The lowest BCUT2D eigenvalue weighted by Crippen LogP contribution is -2.47. The molecule has 1 aromatic rings. The second-order valence-corrected chi connectivity index (χ2v) is 4.87. The van der Waals surface area contributed by atoms with Crippen LogP contribution in [0.3, 0.4) is 0 Å².